The summed E-state index contributed by atoms with van der Waals surface area (Å²) < 4.78 is 5.22. The first-order chi connectivity index (χ1) is 15.0. The van der Waals surface area contributed by atoms with Crippen molar-refractivity contribution in [3.63, 3.8) is 0 Å². The molecule has 2 amide bonds. The molecule has 0 bridgehead atoms. The van der Waals surface area contributed by atoms with Crippen LogP contribution in [0, 0.1) is 5.92 Å². The third kappa shape index (κ3) is 3.93. The lowest BCUT2D eigenvalue weighted by molar-refractivity contribution is -0.126. The summed E-state index contributed by atoms with van der Waals surface area (Å²) in [6.07, 6.45) is 3.85. The molecule has 0 unspecified atom stereocenters. The molecule has 2 aromatic rings. The van der Waals surface area contributed by atoms with E-state index in [4.69, 9.17) is 4.74 Å². The van der Waals surface area contributed by atoms with Crippen molar-refractivity contribution in [2.24, 2.45) is 5.92 Å². The van der Waals surface area contributed by atoms with Crippen LogP contribution >= 0.6 is 0 Å². The Kier molecular flexibility index (Phi) is 6.03. The highest BCUT2D eigenvalue weighted by Gasteiger charge is 2.55. The maximum absolute atomic E-state index is 13.7. The van der Waals surface area contributed by atoms with Gasteiger partial charge in [0.05, 0.1) is 18.6 Å². The molecule has 0 radical (unpaired) electrons. The highest BCUT2D eigenvalue weighted by atomic mass is 16.5. The Bertz CT molecular complexity index is 945. The molecule has 164 valence electrons. The Balaban J connectivity index is 1.67. The van der Waals surface area contributed by atoms with Gasteiger partial charge in [-0.05, 0) is 48.1 Å². The van der Waals surface area contributed by atoms with Crippen LogP contribution in [0.15, 0.2) is 48.5 Å². The SMILES string of the molecule is COc1ccc(CNC(=O)[C@H]2c3ccccc3C(=O)N(CC(C)C)C23CCCC3)cc1. The van der Waals surface area contributed by atoms with Crippen LogP contribution < -0.4 is 10.1 Å². The number of fused-ring (bicyclic) bond motifs is 1. The maximum Gasteiger partial charge on any atom is 0.254 e. The number of ether oxygens (including phenoxy) is 1. The van der Waals surface area contributed by atoms with Crippen LogP contribution in [-0.4, -0.2) is 35.9 Å². The first-order valence-corrected chi connectivity index (χ1v) is 11.3. The van der Waals surface area contributed by atoms with Crippen molar-refractivity contribution in [2.45, 2.75) is 57.5 Å². The summed E-state index contributed by atoms with van der Waals surface area (Å²) in [6.45, 7) is 5.40. The molecule has 1 N–H and O–H groups in total. The second kappa shape index (κ2) is 8.74. The van der Waals surface area contributed by atoms with E-state index in [9.17, 15) is 9.59 Å². The van der Waals surface area contributed by atoms with Crippen LogP contribution in [0.3, 0.4) is 0 Å². The third-order valence-electron chi connectivity index (χ3n) is 6.73. The number of nitrogens with one attached hydrogen (secondary N) is 1. The van der Waals surface area contributed by atoms with Crippen LogP contribution in [0.2, 0.25) is 0 Å². The topological polar surface area (TPSA) is 58.6 Å². The summed E-state index contributed by atoms with van der Waals surface area (Å²) in [4.78, 5) is 29.2. The Morgan fingerprint density at radius 1 is 1.13 bits per heavy atom. The minimum atomic E-state index is -0.431. The molecule has 2 aromatic carbocycles. The van der Waals surface area contributed by atoms with Gasteiger partial charge in [-0.25, -0.2) is 0 Å². The number of benzene rings is 2. The van der Waals surface area contributed by atoms with Gasteiger partial charge in [-0.15, -0.1) is 0 Å². The molecule has 4 rings (SSSR count). The lowest BCUT2D eigenvalue weighted by Crippen LogP contribution is -2.61. The molecule has 1 aliphatic heterocycles. The largest absolute Gasteiger partial charge is 0.497 e. The third-order valence-corrected chi connectivity index (χ3v) is 6.73. The molecule has 31 heavy (non-hydrogen) atoms. The zero-order valence-electron chi connectivity index (χ0n) is 18.7. The van der Waals surface area contributed by atoms with Crippen molar-refractivity contribution in [2.75, 3.05) is 13.7 Å². The normalized spacial score (nSPS) is 19.5. The molecular weight excluding hydrogens is 388 g/mol. The van der Waals surface area contributed by atoms with Crippen LogP contribution in [0.4, 0.5) is 0 Å². The first-order valence-electron chi connectivity index (χ1n) is 11.3. The van der Waals surface area contributed by atoms with Crippen LogP contribution in [0.5, 0.6) is 5.75 Å². The number of nitrogens with zero attached hydrogens (tertiary/aromatic N) is 1. The molecule has 1 atom stereocenters. The van der Waals surface area contributed by atoms with E-state index in [1.54, 1.807) is 7.11 Å². The highest BCUT2D eigenvalue weighted by molar-refractivity contribution is 6.02. The summed E-state index contributed by atoms with van der Waals surface area (Å²) in [5.74, 6) is 0.872. The Morgan fingerprint density at radius 3 is 2.45 bits per heavy atom. The van der Waals surface area contributed by atoms with Gasteiger partial charge in [-0.2, -0.15) is 0 Å². The number of rotatable bonds is 6. The summed E-state index contributed by atoms with van der Waals surface area (Å²) in [5, 5.41) is 3.17. The summed E-state index contributed by atoms with van der Waals surface area (Å²) in [5.41, 5.74) is 2.14. The molecule has 1 spiro atoms. The van der Waals surface area contributed by atoms with Gasteiger partial charge >= 0.3 is 0 Å². The smallest absolute Gasteiger partial charge is 0.254 e. The van der Waals surface area contributed by atoms with Gasteiger partial charge < -0.3 is 15.0 Å². The van der Waals surface area contributed by atoms with Crippen molar-refractivity contribution in [3.05, 3.63) is 65.2 Å². The number of carbonyl (C=O) groups is 2. The molecule has 0 aromatic heterocycles. The monoisotopic (exact) mass is 420 g/mol. The molecule has 1 saturated carbocycles. The summed E-state index contributed by atoms with van der Waals surface area (Å²) >= 11 is 0. The van der Waals surface area contributed by atoms with E-state index >= 15 is 0 Å². The minimum absolute atomic E-state index is 0.00595. The molecule has 0 saturated heterocycles. The fourth-order valence-corrected chi connectivity index (χ4v) is 5.33. The van der Waals surface area contributed by atoms with Crippen LogP contribution in [0.1, 0.15) is 66.9 Å². The zero-order valence-corrected chi connectivity index (χ0v) is 18.7. The number of methoxy groups -OCH3 is 1. The van der Waals surface area contributed by atoms with E-state index in [1.165, 1.54) is 0 Å². The zero-order chi connectivity index (χ0) is 22.0. The van der Waals surface area contributed by atoms with E-state index in [2.05, 4.69) is 19.2 Å². The molecule has 1 heterocycles. The lowest BCUT2D eigenvalue weighted by Gasteiger charge is -2.50. The van der Waals surface area contributed by atoms with Crippen molar-refractivity contribution in [1.29, 1.82) is 0 Å². The van der Waals surface area contributed by atoms with E-state index in [0.29, 0.717) is 24.6 Å². The molecule has 2 aliphatic rings. The van der Waals surface area contributed by atoms with Crippen molar-refractivity contribution < 1.29 is 14.3 Å². The summed E-state index contributed by atoms with van der Waals surface area (Å²) in [7, 11) is 1.64. The molecular formula is C26H32N2O3. The quantitative estimate of drug-likeness (QED) is 0.748. The fourth-order valence-electron chi connectivity index (χ4n) is 5.33. The van der Waals surface area contributed by atoms with Gasteiger partial charge in [0.2, 0.25) is 5.91 Å². The van der Waals surface area contributed by atoms with Crippen LogP contribution in [0.25, 0.3) is 0 Å². The Labute approximate surface area is 184 Å². The molecule has 5 nitrogen and oxygen atoms in total. The minimum Gasteiger partial charge on any atom is -0.497 e. The van der Waals surface area contributed by atoms with Gasteiger partial charge in [0, 0.05) is 18.7 Å². The predicted molar refractivity (Wildman–Crippen MR) is 121 cm³/mol. The second-order valence-electron chi connectivity index (χ2n) is 9.21. The van der Waals surface area contributed by atoms with Crippen LogP contribution in [-0.2, 0) is 11.3 Å². The maximum atomic E-state index is 13.7. The summed E-state index contributed by atoms with van der Waals surface area (Å²) in [6, 6.07) is 15.4. The fraction of sp³-hybridized carbons (Fsp3) is 0.462. The van der Waals surface area contributed by atoms with Gasteiger partial charge in [-0.1, -0.05) is 57.0 Å². The number of hydrogen-bond donors (Lipinski definition) is 1. The Morgan fingerprint density at radius 2 is 1.81 bits per heavy atom. The standard InChI is InChI=1S/C26H32N2O3/c1-18(2)17-28-25(30)22-9-5-4-8-21(22)23(26(28)14-6-7-15-26)24(29)27-16-19-10-12-20(31-3)13-11-19/h4-5,8-13,18,23H,6-7,14-17H2,1-3H3,(H,27,29)/t23-/m1/s1. The highest BCUT2D eigenvalue weighted by Crippen LogP contribution is 2.50. The van der Waals surface area contributed by atoms with E-state index in [-0.39, 0.29) is 17.7 Å². The van der Waals surface area contributed by atoms with E-state index < -0.39 is 5.54 Å². The van der Waals surface area contributed by atoms with Gasteiger partial charge in [0.1, 0.15) is 5.75 Å². The Hall–Kier alpha value is -2.82. The second-order valence-corrected chi connectivity index (χ2v) is 9.21. The van der Waals surface area contributed by atoms with Gasteiger partial charge in [0.15, 0.2) is 0 Å². The first kappa shape index (κ1) is 21.4. The molecule has 5 heteroatoms. The molecule has 1 fully saturated rings. The number of hydrogen-bond acceptors (Lipinski definition) is 3. The molecule has 1 aliphatic carbocycles. The van der Waals surface area contributed by atoms with Crippen molar-refractivity contribution in [1.82, 2.24) is 10.2 Å². The van der Waals surface area contributed by atoms with Gasteiger partial charge in [0.25, 0.3) is 5.91 Å². The van der Waals surface area contributed by atoms with E-state index in [0.717, 1.165) is 42.6 Å². The number of amides is 2. The van der Waals surface area contributed by atoms with Crippen molar-refractivity contribution >= 4 is 11.8 Å². The predicted octanol–water partition coefficient (Wildman–Crippen LogP) is 4.52. The lowest BCUT2D eigenvalue weighted by atomic mass is 9.70. The average Bonchev–Trinajstić information content (AvgIpc) is 3.25. The van der Waals surface area contributed by atoms with Crippen molar-refractivity contribution in [3.8, 4) is 5.75 Å². The van der Waals surface area contributed by atoms with E-state index in [1.807, 2.05) is 53.4 Å². The number of carbonyl (C=O) groups excluding carboxylic acids is 2. The average molecular weight is 421 g/mol. The van der Waals surface area contributed by atoms with Gasteiger partial charge in [-0.3, -0.25) is 9.59 Å².